The van der Waals surface area contributed by atoms with Crippen molar-refractivity contribution < 1.29 is 14.7 Å². The lowest BCUT2D eigenvalue weighted by molar-refractivity contribution is -0.141. The second-order valence-corrected chi connectivity index (χ2v) is 3.07. The van der Waals surface area contributed by atoms with Gasteiger partial charge in [0.2, 0.25) is 5.91 Å². The topological polar surface area (TPSA) is 66.4 Å². The highest BCUT2D eigenvalue weighted by Crippen LogP contribution is 2.00. The molecule has 0 aliphatic carbocycles. The van der Waals surface area contributed by atoms with Crippen LogP contribution >= 0.6 is 12.6 Å². The first-order chi connectivity index (χ1) is 4.95. The molecule has 0 radical (unpaired) electrons. The Morgan fingerprint density at radius 1 is 1.55 bits per heavy atom. The Bertz CT molecular complexity index is 169. The maximum atomic E-state index is 10.5. The normalized spacial score (nSPS) is 15.2. The molecule has 0 unspecified atom stereocenters. The molecule has 64 valence electrons. The van der Waals surface area contributed by atoms with Gasteiger partial charge in [0.15, 0.2) is 0 Å². The summed E-state index contributed by atoms with van der Waals surface area (Å²) >= 11 is 3.91. The number of hydrogen-bond acceptors (Lipinski definition) is 3. The van der Waals surface area contributed by atoms with Crippen molar-refractivity contribution in [1.29, 1.82) is 0 Å². The van der Waals surface area contributed by atoms with E-state index in [1.165, 1.54) is 6.92 Å². The average molecular weight is 177 g/mol. The standard InChI is InChI=1S/C6H11NO3S/c1-3(11)5(6(9)10)7-4(2)8/h3,5,11H,1-2H3,(H,7,8)(H,9,10)/t3-,5-/m1/s1. The summed E-state index contributed by atoms with van der Waals surface area (Å²) in [6.07, 6.45) is 0. The molecular weight excluding hydrogens is 166 g/mol. The van der Waals surface area contributed by atoms with E-state index in [0.717, 1.165) is 0 Å². The number of hydrogen-bond donors (Lipinski definition) is 3. The van der Waals surface area contributed by atoms with E-state index in [2.05, 4.69) is 17.9 Å². The number of thiol groups is 1. The number of carbonyl (C=O) groups is 2. The fourth-order valence-electron chi connectivity index (χ4n) is 0.608. The first kappa shape index (κ1) is 10.3. The molecule has 0 aliphatic heterocycles. The van der Waals surface area contributed by atoms with Gasteiger partial charge in [0.05, 0.1) is 0 Å². The van der Waals surface area contributed by atoms with Gasteiger partial charge in [-0.2, -0.15) is 12.6 Å². The third-order valence-corrected chi connectivity index (χ3v) is 1.41. The fourth-order valence-corrected chi connectivity index (χ4v) is 0.810. The molecule has 0 aromatic rings. The molecule has 4 nitrogen and oxygen atoms in total. The van der Waals surface area contributed by atoms with Crippen molar-refractivity contribution in [2.45, 2.75) is 25.1 Å². The number of aliphatic carboxylic acids is 1. The van der Waals surface area contributed by atoms with Crippen LogP contribution < -0.4 is 5.32 Å². The molecule has 0 spiro atoms. The van der Waals surface area contributed by atoms with Crippen LogP contribution in [0.5, 0.6) is 0 Å². The molecule has 1 amide bonds. The number of nitrogens with one attached hydrogen (secondary N) is 1. The smallest absolute Gasteiger partial charge is 0.327 e. The first-order valence-electron chi connectivity index (χ1n) is 3.13. The summed E-state index contributed by atoms with van der Waals surface area (Å²) in [7, 11) is 0. The zero-order valence-corrected chi connectivity index (χ0v) is 7.26. The second-order valence-electron chi connectivity index (χ2n) is 2.26. The van der Waals surface area contributed by atoms with Gasteiger partial charge >= 0.3 is 5.97 Å². The van der Waals surface area contributed by atoms with Crippen molar-refractivity contribution in [2.75, 3.05) is 0 Å². The maximum absolute atomic E-state index is 10.5. The van der Waals surface area contributed by atoms with Gasteiger partial charge in [0.1, 0.15) is 6.04 Å². The Morgan fingerprint density at radius 2 is 2.00 bits per heavy atom. The van der Waals surface area contributed by atoms with Gasteiger partial charge in [0.25, 0.3) is 0 Å². The van der Waals surface area contributed by atoms with Crippen LogP contribution in [0.4, 0.5) is 0 Å². The van der Waals surface area contributed by atoms with Crippen LogP contribution in [0.15, 0.2) is 0 Å². The van der Waals surface area contributed by atoms with Gasteiger partial charge in [-0.05, 0) is 0 Å². The van der Waals surface area contributed by atoms with E-state index in [4.69, 9.17) is 5.11 Å². The van der Waals surface area contributed by atoms with Crippen LogP contribution in [0, 0.1) is 0 Å². The molecule has 0 saturated carbocycles. The van der Waals surface area contributed by atoms with Crippen molar-refractivity contribution in [2.24, 2.45) is 0 Å². The number of carbonyl (C=O) groups excluding carboxylic acids is 1. The molecule has 0 aliphatic rings. The third kappa shape index (κ3) is 3.87. The summed E-state index contributed by atoms with van der Waals surface area (Å²) in [5.74, 6) is -1.43. The SMILES string of the molecule is CC(=O)N[C@@H](C(=O)O)[C@@H](C)S. The Kier molecular flexibility index (Phi) is 3.95. The summed E-state index contributed by atoms with van der Waals surface area (Å²) in [6.45, 7) is 2.88. The predicted molar refractivity (Wildman–Crippen MR) is 43.7 cm³/mol. The molecular formula is C6H11NO3S. The molecule has 2 atom stereocenters. The van der Waals surface area contributed by atoms with Gasteiger partial charge in [0, 0.05) is 12.2 Å². The highest BCUT2D eigenvalue weighted by Gasteiger charge is 2.22. The Morgan fingerprint density at radius 3 is 2.09 bits per heavy atom. The second kappa shape index (κ2) is 4.23. The van der Waals surface area contributed by atoms with Crippen LogP contribution in [0.1, 0.15) is 13.8 Å². The van der Waals surface area contributed by atoms with Crippen LogP contribution in [0.25, 0.3) is 0 Å². The lowest BCUT2D eigenvalue weighted by Gasteiger charge is -2.15. The summed E-state index contributed by atoms with van der Waals surface area (Å²) in [5.41, 5.74) is 0. The number of amides is 1. The zero-order chi connectivity index (χ0) is 9.02. The molecule has 0 aromatic carbocycles. The van der Waals surface area contributed by atoms with E-state index in [0.29, 0.717) is 0 Å². The Labute approximate surface area is 70.4 Å². The van der Waals surface area contributed by atoms with Gasteiger partial charge in [-0.15, -0.1) is 0 Å². The Balaban J connectivity index is 4.12. The maximum Gasteiger partial charge on any atom is 0.327 e. The van der Waals surface area contributed by atoms with Crippen molar-refractivity contribution in [1.82, 2.24) is 5.32 Å². The predicted octanol–water partition coefficient (Wildman–Crippen LogP) is -0.106. The van der Waals surface area contributed by atoms with Crippen LogP contribution in [0.2, 0.25) is 0 Å². The molecule has 0 saturated heterocycles. The minimum absolute atomic E-state index is 0.363. The van der Waals surface area contributed by atoms with Crippen molar-refractivity contribution in [3.05, 3.63) is 0 Å². The van der Waals surface area contributed by atoms with Crippen molar-refractivity contribution >= 4 is 24.5 Å². The molecule has 0 bridgehead atoms. The number of carboxylic acid groups (broad SMARTS) is 1. The van der Waals surface area contributed by atoms with Gasteiger partial charge in [-0.25, -0.2) is 4.79 Å². The Hall–Kier alpha value is -0.710. The van der Waals surface area contributed by atoms with E-state index < -0.39 is 17.3 Å². The lowest BCUT2D eigenvalue weighted by atomic mass is 10.2. The molecule has 0 aromatic heterocycles. The lowest BCUT2D eigenvalue weighted by Crippen LogP contribution is -2.44. The summed E-state index contributed by atoms with van der Waals surface area (Å²) in [5, 5.41) is 10.4. The van der Waals surface area contributed by atoms with Crippen LogP contribution in [0.3, 0.4) is 0 Å². The van der Waals surface area contributed by atoms with Gasteiger partial charge < -0.3 is 10.4 Å². The third-order valence-electron chi connectivity index (χ3n) is 1.11. The average Bonchev–Trinajstić information content (AvgIpc) is 1.81. The minimum atomic E-state index is -1.07. The fraction of sp³-hybridized carbons (Fsp3) is 0.667. The molecule has 0 heterocycles. The molecule has 2 N–H and O–H groups in total. The van der Waals surface area contributed by atoms with Crippen LogP contribution in [-0.4, -0.2) is 28.3 Å². The quantitative estimate of drug-likeness (QED) is 0.527. The summed E-state index contributed by atoms with van der Waals surface area (Å²) in [4.78, 5) is 20.9. The molecule has 5 heteroatoms. The molecule has 11 heavy (non-hydrogen) atoms. The highest BCUT2D eigenvalue weighted by atomic mass is 32.1. The summed E-state index contributed by atoms with van der Waals surface area (Å²) in [6, 6.07) is -0.907. The van der Waals surface area contributed by atoms with Crippen molar-refractivity contribution in [3.63, 3.8) is 0 Å². The number of carboxylic acids is 1. The first-order valence-corrected chi connectivity index (χ1v) is 3.64. The molecule has 0 rings (SSSR count). The van der Waals surface area contributed by atoms with Gasteiger partial charge in [-0.1, -0.05) is 6.92 Å². The van der Waals surface area contributed by atoms with E-state index in [1.54, 1.807) is 6.92 Å². The van der Waals surface area contributed by atoms with Crippen LogP contribution in [-0.2, 0) is 9.59 Å². The van der Waals surface area contributed by atoms with E-state index in [9.17, 15) is 9.59 Å². The van der Waals surface area contributed by atoms with Gasteiger partial charge in [-0.3, -0.25) is 4.79 Å². The van der Waals surface area contributed by atoms with E-state index in [1.807, 2.05) is 0 Å². The summed E-state index contributed by atoms with van der Waals surface area (Å²) < 4.78 is 0. The monoisotopic (exact) mass is 177 g/mol. The van der Waals surface area contributed by atoms with E-state index >= 15 is 0 Å². The minimum Gasteiger partial charge on any atom is -0.480 e. The number of rotatable bonds is 3. The largest absolute Gasteiger partial charge is 0.480 e. The van der Waals surface area contributed by atoms with E-state index in [-0.39, 0.29) is 5.91 Å². The van der Waals surface area contributed by atoms with Crippen molar-refractivity contribution in [3.8, 4) is 0 Å². The highest BCUT2D eigenvalue weighted by molar-refractivity contribution is 7.81. The zero-order valence-electron chi connectivity index (χ0n) is 6.37. The molecule has 0 fully saturated rings.